The second kappa shape index (κ2) is 12.3. The van der Waals surface area contributed by atoms with Gasteiger partial charge in [0.05, 0.1) is 12.2 Å². The Labute approximate surface area is 205 Å². The summed E-state index contributed by atoms with van der Waals surface area (Å²) in [6.45, 7) is 1.93. The van der Waals surface area contributed by atoms with Gasteiger partial charge in [0.2, 0.25) is 11.8 Å². The molecule has 0 bridgehead atoms. The zero-order valence-electron chi connectivity index (χ0n) is 18.7. The molecule has 8 nitrogen and oxygen atoms in total. The maximum atomic E-state index is 13.9. The molecule has 2 amide bonds. The first-order valence-electron chi connectivity index (χ1n) is 10.5. The average Bonchev–Trinajstić information content (AvgIpc) is 3.28. The van der Waals surface area contributed by atoms with Crippen LogP contribution in [0.4, 0.5) is 18.9 Å². The van der Waals surface area contributed by atoms with Crippen LogP contribution < -0.4 is 11.1 Å². The van der Waals surface area contributed by atoms with Crippen molar-refractivity contribution < 1.29 is 32.3 Å². The molecule has 0 saturated carbocycles. The Hall–Kier alpha value is -3.44. The smallest absolute Gasteiger partial charge is 0.338 e. The average molecular weight is 513 g/mol. The summed E-state index contributed by atoms with van der Waals surface area (Å²) in [5.74, 6) is -5.07. The van der Waals surface area contributed by atoms with Crippen LogP contribution in [0.25, 0.3) is 0 Å². The summed E-state index contributed by atoms with van der Waals surface area (Å²) in [5.41, 5.74) is 6.49. The molecule has 3 rings (SSSR count). The van der Waals surface area contributed by atoms with Gasteiger partial charge < -0.3 is 15.8 Å². The number of hydrogen-bond acceptors (Lipinski definition) is 6. The van der Waals surface area contributed by atoms with Gasteiger partial charge in [0.1, 0.15) is 11.9 Å². The summed E-state index contributed by atoms with van der Waals surface area (Å²) in [6, 6.07) is 5.33. The zero-order chi connectivity index (χ0) is 24.8. The lowest BCUT2D eigenvalue weighted by Gasteiger charge is -2.23. The third-order valence-electron chi connectivity index (χ3n) is 5.06. The number of ether oxygens (including phenoxy) is 1. The Morgan fingerprint density at radius 3 is 2.46 bits per heavy atom. The van der Waals surface area contributed by atoms with E-state index in [-0.39, 0.29) is 43.8 Å². The third kappa shape index (κ3) is 7.03. The highest BCUT2D eigenvalue weighted by Crippen LogP contribution is 2.19. The molecule has 0 fully saturated rings. The molecule has 1 heterocycles. The molecule has 1 aliphatic heterocycles. The number of hydrogen-bond donors (Lipinski definition) is 2. The number of anilines is 1. The molecule has 1 unspecified atom stereocenters. The molecule has 3 N–H and O–H groups in total. The summed E-state index contributed by atoms with van der Waals surface area (Å²) < 4.78 is 45.2. The van der Waals surface area contributed by atoms with Crippen LogP contribution in [0, 0.1) is 17.5 Å². The van der Waals surface area contributed by atoms with Gasteiger partial charge in [-0.05, 0) is 49.2 Å². The fourth-order valence-corrected chi connectivity index (χ4v) is 3.39. The van der Waals surface area contributed by atoms with Gasteiger partial charge in [-0.1, -0.05) is 0 Å². The number of esters is 1. The highest BCUT2D eigenvalue weighted by atomic mass is 35.5. The van der Waals surface area contributed by atoms with Crippen LogP contribution in [0.15, 0.2) is 41.5 Å². The van der Waals surface area contributed by atoms with E-state index in [1.807, 2.05) is 0 Å². The van der Waals surface area contributed by atoms with Gasteiger partial charge in [-0.3, -0.25) is 9.59 Å². The lowest BCUT2D eigenvalue weighted by molar-refractivity contribution is -0.137. The summed E-state index contributed by atoms with van der Waals surface area (Å²) in [6.07, 6.45) is 1.07. The number of nitrogens with two attached hydrogens (primary N) is 1. The predicted octanol–water partition coefficient (Wildman–Crippen LogP) is 3.19. The van der Waals surface area contributed by atoms with E-state index in [1.54, 1.807) is 6.92 Å². The van der Waals surface area contributed by atoms with Gasteiger partial charge in [0, 0.05) is 36.9 Å². The van der Waals surface area contributed by atoms with Crippen molar-refractivity contribution in [2.24, 2.45) is 10.8 Å². The maximum Gasteiger partial charge on any atom is 0.338 e. The topological polar surface area (TPSA) is 114 Å². The number of carbonyl (C=O) groups excluding carboxylic acids is 3. The molecular formula is C23H24ClF3N4O4. The van der Waals surface area contributed by atoms with Gasteiger partial charge in [0.15, 0.2) is 11.6 Å². The molecule has 0 aliphatic carbocycles. The van der Waals surface area contributed by atoms with Crippen LogP contribution in [0.5, 0.6) is 0 Å². The van der Waals surface area contributed by atoms with E-state index in [9.17, 15) is 27.6 Å². The van der Waals surface area contributed by atoms with E-state index in [1.165, 1.54) is 30.5 Å². The normalized spacial score (nSPS) is 15.3. The van der Waals surface area contributed by atoms with Gasteiger partial charge in [-0.15, -0.1) is 12.4 Å². The first-order chi connectivity index (χ1) is 16.2. The lowest BCUT2D eigenvalue weighted by atomic mass is 10.0. The van der Waals surface area contributed by atoms with Crippen LogP contribution in [-0.2, 0) is 20.7 Å². The second-order valence-electron chi connectivity index (χ2n) is 7.60. The molecule has 2 aromatic rings. The number of halogens is 4. The Bertz CT molecular complexity index is 1110. The molecule has 12 heteroatoms. The first kappa shape index (κ1) is 27.8. The van der Waals surface area contributed by atoms with E-state index >= 15 is 0 Å². The Kier molecular flexibility index (Phi) is 9.78. The van der Waals surface area contributed by atoms with Gasteiger partial charge in [-0.25, -0.2) is 23.0 Å². The molecule has 0 radical (unpaired) electrons. The van der Waals surface area contributed by atoms with E-state index in [0.717, 1.165) is 5.01 Å². The number of carbonyl (C=O) groups is 3. The van der Waals surface area contributed by atoms with Crippen LogP contribution in [0.2, 0.25) is 0 Å². The van der Waals surface area contributed by atoms with Crippen LogP contribution >= 0.6 is 12.4 Å². The van der Waals surface area contributed by atoms with Crippen LogP contribution in [0.3, 0.4) is 0 Å². The van der Waals surface area contributed by atoms with Gasteiger partial charge >= 0.3 is 5.97 Å². The zero-order valence-corrected chi connectivity index (χ0v) is 19.5. The number of nitrogens with one attached hydrogen (secondary N) is 1. The minimum atomic E-state index is -1.32. The molecule has 35 heavy (non-hydrogen) atoms. The molecule has 2 atom stereocenters. The second-order valence-corrected chi connectivity index (χ2v) is 7.60. The van der Waals surface area contributed by atoms with Gasteiger partial charge in [-0.2, -0.15) is 5.10 Å². The molecule has 2 aromatic carbocycles. The maximum absolute atomic E-state index is 13.9. The van der Waals surface area contributed by atoms with Crippen molar-refractivity contribution >= 4 is 42.1 Å². The Morgan fingerprint density at radius 2 is 1.80 bits per heavy atom. The summed E-state index contributed by atoms with van der Waals surface area (Å²) in [5, 5.41) is 7.58. The summed E-state index contributed by atoms with van der Waals surface area (Å²) in [7, 11) is 0. The monoisotopic (exact) mass is 512 g/mol. The number of nitrogens with zero attached hydrogens (tertiary/aromatic N) is 2. The van der Waals surface area contributed by atoms with Crippen molar-refractivity contribution in [1.29, 1.82) is 0 Å². The van der Waals surface area contributed by atoms with Crippen molar-refractivity contribution in [3.8, 4) is 0 Å². The molecule has 0 aromatic heterocycles. The molecule has 188 valence electrons. The summed E-state index contributed by atoms with van der Waals surface area (Å²) >= 11 is 0. The SMILES string of the molecule is CCOC(=O)c1ccc(NC(=O)C2CC=NN2C(=O)C[C@H](N)Cc2cc(F)c(F)cc2F)cc1.Cl. The van der Waals surface area contributed by atoms with Gasteiger partial charge in [0.25, 0.3) is 0 Å². The van der Waals surface area contributed by atoms with E-state index in [0.29, 0.717) is 23.4 Å². The van der Waals surface area contributed by atoms with Crippen LogP contribution in [-0.4, -0.2) is 47.7 Å². The third-order valence-corrected chi connectivity index (χ3v) is 5.06. The standard InChI is InChI=1S/C23H23F3N4O4.ClH/c1-2-34-23(33)13-3-5-16(6-4-13)29-22(32)20-7-8-28-30(20)21(31)11-15(27)9-14-10-18(25)19(26)12-17(14)24;/h3-6,8,10,12,15,20H,2,7,9,11,27H2,1H3,(H,29,32);1H/t15-,20?;/m1./s1. The van der Waals surface area contributed by atoms with E-state index in [2.05, 4.69) is 10.4 Å². The molecule has 0 saturated heterocycles. The minimum absolute atomic E-state index is 0. The lowest BCUT2D eigenvalue weighted by Crippen LogP contribution is -2.43. The highest BCUT2D eigenvalue weighted by molar-refractivity contribution is 6.00. The van der Waals surface area contributed by atoms with Crippen LogP contribution in [0.1, 0.15) is 35.7 Å². The first-order valence-corrected chi connectivity index (χ1v) is 10.5. The fraction of sp³-hybridized carbons (Fsp3) is 0.304. The largest absolute Gasteiger partial charge is 0.462 e. The van der Waals surface area contributed by atoms with Crippen molar-refractivity contribution in [2.45, 2.75) is 38.3 Å². The molecule has 1 aliphatic rings. The molecule has 0 spiro atoms. The van der Waals surface area contributed by atoms with Crippen molar-refractivity contribution in [3.63, 3.8) is 0 Å². The Morgan fingerprint density at radius 1 is 1.14 bits per heavy atom. The number of benzene rings is 2. The van der Waals surface area contributed by atoms with E-state index < -0.39 is 47.3 Å². The fourth-order valence-electron chi connectivity index (χ4n) is 3.39. The van der Waals surface area contributed by atoms with E-state index in [4.69, 9.17) is 10.5 Å². The number of rotatable bonds is 8. The number of hydrazone groups is 1. The predicted molar refractivity (Wildman–Crippen MR) is 125 cm³/mol. The quantitative estimate of drug-likeness (QED) is 0.416. The Balaban J connectivity index is 0.00000432. The minimum Gasteiger partial charge on any atom is -0.462 e. The van der Waals surface area contributed by atoms with Crippen molar-refractivity contribution in [1.82, 2.24) is 5.01 Å². The number of amides is 2. The highest BCUT2D eigenvalue weighted by Gasteiger charge is 2.33. The molecular weight excluding hydrogens is 489 g/mol. The van der Waals surface area contributed by atoms with Crippen molar-refractivity contribution in [3.05, 3.63) is 65.0 Å². The summed E-state index contributed by atoms with van der Waals surface area (Å²) in [4.78, 5) is 37.1. The van der Waals surface area contributed by atoms with Crippen molar-refractivity contribution in [2.75, 3.05) is 11.9 Å².